The van der Waals surface area contributed by atoms with E-state index in [1.54, 1.807) is 27.8 Å². The number of hydrogen-bond donors (Lipinski definition) is 5. The van der Waals surface area contributed by atoms with Crippen LogP contribution in [0.2, 0.25) is 5.02 Å². The topological polar surface area (TPSA) is 262 Å². The van der Waals surface area contributed by atoms with E-state index in [0.717, 1.165) is 44.2 Å². The van der Waals surface area contributed by atoms with Crippen LogP contribution in [-0.4, -0.2) is 214 Å². The van der Waals surface area contributed by atoms with Crippen molar-refractivity contribution in [2.75, 3.05) is 61.4 Å². The Kier molecular flexibility index (Phi) is 29.5. The number of aliphatic hydroxyl groups is 1. The first-order valence-electron chi connectivity index (χ1n) is 33.5. The van der Waals surface area contributed by atoms with Crippen LogP contribution in [0.3, 0.4) is 0 Å². The lowest BCUT2D eigenvalue weighted by molar-refractivity contribution is -0.162. The second kappa shape index (κ2) is 35.4. The van der Waals surface area contributed by atoms with Gasteiger partial charge in [0.25, 0.3) is 5.91 Å². The first kappa shape index (κ1) is 77.4. The molecule has 1 saturated carbocycles. The molecule has 4 fully saturated rings. The molecular formula is C67H105ClF3N11O11. The van der Waals surface area contributed by atoms with Crippen molar-refractivity contribution in [1.82, 2.24) is 55.6 Å². The number of rotatable bonds is 11. The van der Waals surface area contributed by atoms with Crippen molar-refractivity contribution in [3.63, 3.8) is 0 Å². The number of carbonyl (C=O) groups excluding carboxylic acids is 10. The van der Waals surface area contributed by atoms with Crippen molar-refractivity contribution in [3.8, 4) is 0 Å². The molecule has 10 amide bonds. The minimum atomic E-state index is -4.72. The maximum absolute atomic E-state index is 14.9. The molecule has 22 nitrogen and oxygen atoms in total. The van der Waals surface area contributed by atoms with Crippen LogP contribution < -0.4 is 21.3 Å². The minimum Gasteiger partial charge on any atom is -0.376 e. The molecule has 10 atom stereocenters. The number of allylic oxidation sites excluding steroid dienone is 1. The summed E-state index contributed by atoms with van der Waals surface area (Å²) in [4.78, 5) is 154. The number of aliphatic hydroxyl groups excluding tert-OH is 1. The van der Waals surface area contributed by atoms with Gasteiger partial charge in [-0.2, -0.15) is 13.2 Å². The van der Waals surface area contributed by atoms with Gasteiger partial charge in [-0.05, 0) is 133 Å². The summed E-state index contributed by atoms with van der Waals surface area (Å²) in [5.74, 6) is -5.68. The summed E-state index contributed by atoms with van der Waals surface area (Å²) in [6.45, 7) is 14.4. The molecule has 522 valence electrons. The third-order valence-electron chi connectivity index (χ3n) is 19.1. The number of likely N-dealkylation sites (N-methyl/N-ethyl adjacent to an activating group) is 5. The van der Waals surface area contributed by atoms with Crippen LogP contribution in [0.1, 0.15) is 182 Å². The smallest absolute Gasteiger partial charge is 0.376 e. The highest BCUT2D eigenvalue weighted by atomic mass is 35.5. The van der Waals surface area contributed by atoms with Crippen LogP contribution in [0.15, 0.2) is 29.5 Å². The predicted octanol–water partition coefficient (Wildman–Crippen LogP) is 6.39. The zero-order valence-electron chi connectivity index (χ0n) is 57.1. The molecule has 3 aliphatic heterocycles. The Hall–Kier alpha value is -6.34. The van der Waals surface area contributed by atoms with Gasteiger partial charge in [-0.15, -0.1) is 0 Å². The molecule has 1 aromatic carbocycles. The van der Waals surface area contributed by atoms with Gasteiger partial charge in [0.2, 0.25) is 53.2 Å². The summed E-state index contributed by atoms with van der Waals surface area (Å²) in [6.07, 6.45) is 1.39. The van der Waals surface area contributed by atoms with E-state index in [4.69, 9.17) is 11.6 Å². The monoisotopic (exact) mass is 1330 g/mol. The molecule has 0 bridgehead atoms. The number of hydrogen-bond acceptors (Lipinski definition) is 12. The highest BCUT2D eigenvalue weighted by molar-refractivity contribution is 6.31. The largest absolute Gasteiger partial charge is 0.417 e. The molecule has 0 aromatic heterocycles. The predicted molar refractivity (Wildman–Crippen MR) is 347 cm³/mol. The number of benzene rings is 1. The second-order valence-corrected chi connectivity index (χ2v) is 27.4. The fraction of sp³-hybridized carbons (Fsp3) is 0.731. The molecule has 5 N–H and O–H groups in total. The molecule has 3 heterocycles. The van der Waals surface area contributed by atoms with Crippen LogP contribution in [0.5, 0.6) is 0 Å². The van der Waals surface area contributed by atoms with Gasteiger partial charge < -0.3 is 55.8 Å². The van der Waals surface area contributed by atoms with E-state index < -0.39 is 137 Å². The van der Waals surface area contributed by atoms with Gasteiger partial charge in [0.1, 0.15) is 42.1 Å². The van der Waals surface area contributed by atoms with Crippen LogP contribution >= 0.6 is 11.6 Å². The van der Waals surface area contributed by atoms with Gasteiger partial charge in [0.05, 0.1) is 29.2 Å². The molecule has 4 aliphatic rings. The molecule has 0 radical (unpaired) electrons. The summed E-state index contributed by atoms with van der Waals surface area (Å²) in [6, 6.07) is -4.79. The van der Waals surface area contributed by atoms with Crippen LogP contribution in [0, 0.1) is 17.8 Å². The Morgan fingerprint density at radius 3 is 1.97 bits per heavy atom. The highest BCUT2D eigenvalue weighted by Gasteiger charge is 2.47. The third-order valence-corrected chi connectivity index (χ3v) is 19.4. The second-order valence-electron chi connectivity index (χ2n) is 27.0. The molecule has 1 aliphatic carbocycles. The van der Waals surface area contributed by atoms with Gasteiger partial charge in [0.15, 0.2) is 0 Å². The van der Waals surface area contributed by atoms with Crippen molar-refractivity contribution in [2.24, 2.45) is 17.8 Å². The quantitative estimate of drug-likeness (QED) is 0.151. The van der Waals surface area contributed by atoms with Gasteiger partial charge >= 0.3 is 6.18 Å². The SMILES string of the molecule is CCC[C@H]1C(=O)N2CC[C@H]2C(=O)N(C)[C@@H](CC2CCCCC2)C(=O)N(C)CC(=O)N[C@@H](CCc2ccc(C(F)(F)F)c(Cl)c2)C(=O)N2CCC[C@H]2C(=O)NCCCCC(=O)N(C)C(=C(C)C)C(=O)N[C@H](C)CC(=O)N(C)[C@@H](CC(C)C)C(=O)N[C@@H]([C@@H](C)CC)C(O)N1C. The standard InChI is InChI=1S/C67H105ClF3N11O11/c1-14-22-50-65(92)82-34-31-51(82)64(91)79(12)53(38-44-23-17-16-18-24-44)63(90)76(9)39-54(83)74-48(30-28-45-27-29-46(47(68)37-45)67(69,70)71)62(89)81-33-21-25-49(81)59(86)72-32-20-19-26-55(84)80(13)58(41(5)6)61(88)73-43(8)36-56(85)77(10)52(35-40(3)4)60(87)75-57(42(7)15-2)66(93)78(50)11/h27,29,37,40,42-44,48-53,57,66,93H,14-26,28,30-36,38-39H2,1-13H3,(H,72,86)(H,73,88)(H,74,83)(H,75,87)/t42-,43+,48-,49-,50-,51-,52-,53-,57-,66?/m0/s1. The number of fused-ring (bicyclic) bond motifs is 2. The molecular weight excluding hydrogens is 1230 g/mol. The molecule has 0 spiro atoms. The van der Waals surface area contributed by atoms with Crippen LogP contribution in [-0.2, 0) is 60.5 Å². The van der Waals surface area contributed by atoms with Gasteiger partial charge in [-0.25, -0.2) is 0 Å². The van der Waals surface area contributed by atoms with E-state index in [1.165, 1.54) is 68.6 Å². The molecule has 26 heteroatoms. The van der Waals surface area contributed by atoms with Crippen molar-refractivity contribution >= 4 is 70.7 Å². The zero-order chi connectivity index (χ0) is 69.3. The number of alkyl halides is 3. The van der Waals surface area contributed by atoms with Crippen molar-refractivity contribution in [2.45, 2.75) is 238 Å². The number of amides is 10. The number of carbonyl (C=O) groups is 10. The van der Waals surface area contributed by atoms with Crippen molar-refractivity contribution in [1.29, 1.82) is 0 Å². The summed E-state index contributed by atoms with van der Waals surface area (Å²) >= 11 is 6.10. The van der Waals surface area contributed by atoms with E-state index in [0.29, 0.717) is 43.2 Å². The minimum absolute atomic E-state index is 0.00731. The third kappa shape index (κ3) is 20.8. The van der Waals surface area contributed by atoms with Crippen molar-refractivity contribution in [3.05, 3.63) is 45.6 Å². The lowest BCUT2D eigenvalue weighted by Gasteiger charge is -2.46. The first-order chi connectivity index (χ1) is 43.7. The van der Waals surface area contributed by atoms with Gasteiger partial charge in [-0.1, -0.05) is 97.2 Å². The lowest BCUT2D eigenvalue weighted by atomic mass is 9.84. The van der Waals surface area contributed by atoms with E-state index in [9.17, 15) is 66.2 Å². The fourth-order valence-electron chi connectivity index (χ4n) is 13.2. The van der Waals surface area contributed by atoms with Gasteiger partial charge in [0, 0.05) is 66.7 Å². The molecule has 93 heavy (non-hydrogen) atoms. The normalized spacial score (nSPS) is 27.1. The Labute approximate surface area is 553 Å². The van der Waals surface area contributed by atoms with E-state index in [-0.39, 0.29) is 101 Å². The Bertz CT molecular complexity index is 2830. The summed E-state index contributed by atoms with van der Waals surface area (Å²) in [5, 5.41) is 23.4. The van der Waals surface area contributed by atoms with Gasteiger partial charge in [-0.3, -0.25) is 52.8 Å². The molecule has 3 saturated heterocycles. The van der Waals surface area contributed by atoms with E-state index >= 15 is 0 Å². The molecule has 1 unspecified atom stereocenters. The zero-order valence-corrected chi connectivity index (χ0v) is 57.9. The maximum atomic E-state index is 14.9. The molecule has 1 aromatic rings. The van der Waals surface area contributed by atoms with Crippen molar-refractivity contribution < 1.29 is 66.2 Å². The fourth-order valence-corrected chi connectivity index (χ4v) is 13.6. The average Bonchev–Trinajstić information content (AvgIpc) is 1.40. The van der Waals surface area contributed by atoms with Crippen LogP contribution in [0.25, 0.3) is 0 Å². The number of nitrogens with one attached hydrogen (secondary N) is 4. The molecule has 5 rings (SSSR count). The average molecular weight is 1330 g/mol. The number of halogens is 4. The lowest BCUT2D eigenvalue weighted by Crippen LogP contribution is -2.66. The van der Waals surface area contributed by atoms with E-state index in [1.807, 2.05) is 34.6 Å². The Morgan fingerprint density at radius 1 is 0.710 bits per heavy atom. The number of aryl methyl sites for hydroxylation is 1. The maximum Gasteiger partial charge on any atom is 0.417 e. The Morgan fingerprint density at radius 2 is 1.38 bits per heavy atom. The van der Waals surface area contributed by atoms with E-state index in [2.05, 4.69) is 21.3 Å². The number of nitrogens with zero attached hydrogens (tertiary/aromatic N) is 7. The first-order valence-corrected chi connectivity index (χ1v) is 33.9. The summed E-state index contributed by atoms with van der Waals surface area (Å²) < 4.78 is 41.2. The summed E-state index contributed by atoms with van der Waals surface area (Å²) in [7, 11) is 7.51. The van der Waals surface area contributed by atoms with Crippen LogP contribution in [0.4, 0.5) is 13.2 Å². The highest BCUT2D eigenvalue weighted by Crippen LogP contribution is 2.36. The summed E-state index contributed by atoms with van der Waals surface area (Å²) in [5.41, 5.74) is -0.109. The Balaban J connectivity index is 1.50.